The predicted octanol–water partition coefficient (Wildman–Crippen LogP) is 8.30. The Balaban J connectivity index is 0.000000223. The number of anilines is 3. The highest BCUT2D eigenvalue weighted by molar-refractivity contribution is 7.90. The summed E-state index contributed by atoms with van der Waals surface area (Å²) in [5, 5.41) is 22.0. The van der Waals surface area contributed by atoms with Crippen LogP contribution in [0.2, 0.25) is 0 Å². The van der Waals surface area contributed by atoms with E-state index in [9.17, 15) is 35.5 Å². The van der Waals surface area contributed by atoms with Crippen molar-refractivity contribution in [2.75, 3.05) is 44.3 Å². The number of methoxy groups -OCH3 is 2. The van der Waals surface area contributed by atoms with E-state index in [0.717, 1.165) is 27.1 Å². The summed E-state index contributed by atoms with van der Waals surface area (Å²) in [5.41, 5.74) is 13.1. The van der Waals surface area contributed by atoms with Gasteiger partial charge in [0.15, 0.2) is 5.03 Å². The third-order valence-corrected chi connectivity index (χ3v) is 13.8. The summed E-state index contributed by atoms with van der Waals surface area (Å²) in [4.78, 5) is 23.1. The number of benzene rings is 2. The van der Waals surface area contributed by atoms with Gasteiger partial charge in [0.25, 0.3) is 16.0 Å². The topological polar surface area (TPSA) is 258 Å². The number of carbonyl (C=O) groups excluding carboxylic acids is 1. The van der Waals surface area contributed by atoms with E-state index < -0.39 is 37.9 Å². The van der Waals surface area contributed by atoms with E-state index in [1.807, 2.05) is 92.1 Å². The quantitative estimate of drug-likeness (QED) is 0.0401. The average Bonchev–Trinajstić information content (AvgIpc) is 4.08. The van der Waals surface area contributed by atoms with E-state index in [-0.39, 0.29) is 45.5 Å². The molecule has 0 saturated carbocycles. The molecule has 0 radical (unpaired) electrons. The number of aryl methyl sites for hydroxylation is 2. The predicted molar refractivity (Wildman–Crippen MR) is 290 cm³/mol. The van der Waals surface area contributed by atoms with Crippen LogP contribution in [0.25, 0.3) is 22.3 Å². The Kier molecular flexibility index (Phi) is 19.6. The second-order valence-electron chi connectivity index (χ2n) is 19.0. The SMILES string of the molecule is CC(C)n1ccc(S(=O)(=O)N=C([O-])[n+]2ccc(N(C)C)cc2)n1.COc1cc(-c2cc(F)cc(C(C)C)c2N)cc(C)n1.COc1cc(-c2cc(F)cc(C(C)C)c2NC(=O)NS(=O)(=O)c2ccn(C(C)C)n2)cc(C)n1. The summed E-state index contributed by atoms with van der Waals surface area (Å²) >= 11 is 0. The van der Waals surface area contributed by atoms with Crippen molar-refractivity contribution >= 4 is 49.2 Å². The number of nitrogens with two attached hydrogens (primary N) is 1. The molecule has 0 saturated heterocycles. The van der Waals surface area contributed by atoms with Crippen molar-refractivity contribution in [1.82, 2.24) is 34.3 Å². The van der Waals surface area contributed by atoms with Crippen LogP contribution in [0.4, 0.5) is 30.6 Å². The third kappa shape index (κ3) is 15.6. The van der Waals surface area contributed by atoms with Crippen LogP contribution in [-0.2, 0) is 20.0 Å². The number of carbonyl (C=O) groups is 1. The van der Waals surface area contributed by atoms with Crippen LogP contribution in [-0.4, -0.2) is 86.7 Å². The van der Waals surface area contributed by atoms with E-state index >= 15 is 0 Å². The fourth-order valence-electron chi connectivity index (χ4n) is 7.45. The number of nitrogens with zero attached hydrogens (tertiary/aromatic N) is 9. The molecule has 0 spiro atoms. The first-order valence-electron chi connectivity index (χ1n) is 24.2. The maximum atomic E-state index is 14.6. The van der Waals surface area contributed by atoms with Crippen LogP contribution in [0.5, 0.6) is 11.8 Å². The first-order valence-corrected chi connectivity index (χ1v) is 27.1. The third-order valence-electron chi connectivity index (χ3n) is 11.4. The van der Waals surface area contributed by atoms with E-state index in [4.69, 9.17) is 15.2 Å². The Labute approximate surface area is 448 Å². The lowest BCUT2D eigenvalue weighted by atomic mass is 9.94. The molecule has 2 aromatic carbocycles. The summed E-state index contributed by atoms with van der Waals surface area (Å²) in [6, 6.07) is 16.6. The number of nitrogens with one attached hydrogen (secondary N) is 2. The molecule has 20 nitrogen and oxygen atoms in total. The largest absolute Gasteiger partial charge is 0.806 e. The Morgan fingerprint density at radius 3 is 1.65 bits per heavy atom. The minimum Gasteiger partial charge on any atom is -0.806 e. The standard InChI is InChI=1S/C23H28FN5O4S.C16H19FN2O.C14H19N5O3S/c1-13(2)18-11-17(24)12-19(16-9-15(5)25-20(10-16)33-6)22(18)26-23(30)28-34(31,32)21-7-8-29(27-21)14(3)4;1-9(2)13-7-12(17)8-14(16(13)18)11-5-10(3)19-15(6-11)20-4;1-11(2)19-10-7-13(15-19)23(21,22)16-14(20)18-8-5-12(6-9-18)17(3)4/h7-14H,1-6H3,(H2,26,28,30);5-9H,18H2,1-4H3;5-11H,1-4H3. The van der Waals surface area contributed by atoms with Crippen molar-refractivity contribution < 1.29 is 49.6 Å². The van der Waals surface area contributed by atoms with Gasteiger partial charge in [-0.05, 0) is 124 Å². The molecule has 24 heteroatoms. The summed E-state index contributed by atoms with van der Waals surface area (Å²) in [6.07, 6.45) is 5.98. The van der Waals surface area contributed by atoms with Gasteiger partial charge >= 0.3 is 16.1 Å². The lowest BCUT2D eigenvalue weighted by Gasteiger charge is -2.19. The lowest BCUT2D eigenvalue weighted by molar-refractivity contribution is -0.613. The van der Waals surface area contributed by atoms with Gasteiger partial charge in [-0.2, -0.15) is 27.0 Å². The average molecular weight is 1100 g/mol. The van der Waals surface area contributed by atoms with Crippen molar-refractivity contribution in [1.29, 1.82) is 0 Å². The molecule has 7 rings (SSSR count). The van der Waals surface area contributed by atoms with Crippen molar-refractivity contribution in [3.63, 3.8) is 0 Å². The molecule has 5 aromatic heterocycles. The number of halogens is 2. The highest BCUT2D eigenvalue weighted by Crippen LogP contribution is 2.38. The number of amides is 2. The number of urea groups is 1. The molecule has 0 fully saturated rings. The molecule has 77 heavy (non-hydrogen) atoms. The normalized spacial score (nSPS) is 11.8. The number of rotatable bonds is 14. The van der Waals surface area contributed by atoms with Gasteiger partial charge in [-0.3, -0.25) is 9.36 Å². The van der Waals surface area contributed by atoms with Crippen molar-refractivity contribution in [3.8, 4) is 34.0 Å². The highest BCUT2D eigenvalue weighted by atomic mass is 32.2. The van der Waals surface area contributed by atoms with Gasteiger partial charge in [0.05, 0.1) is 32.3 Å². The molecule has 412 valence electrons. The second-order valence-corrected chi connectivity index (χ2v) is 22.2. The minimum atomic E-state index is -4.23. The van der Waals surface area contributed by atoms with E-state index in [1.165, 1.54) is 77.7 Å². The number of sulfonamides is 2. The van der Waals surface area contributed by atoms with Crippen LogP contribution in [0.1, 0.15) is 102 Å². The Bertz CT molecular complexity index is 3470. The van der Waals surface area contributed by atoms with E-state index in [2.05, 4.69) is 29.9 Å². The number of aromatic nitrogens is 7. The van der Waals surface area contributed by atoms with Crippen LogP contribution in [0.15, 0.2) is 112 Å². The Morgan fingerprint density at radius 1 is 0.714 bits per heavy atom. The van der Waals surface area contributed by atoms with Crippen LogP contribution < -0.4 is 39.8 Å². The smallest absolute Gasteiger partial charge is 0.388 e. The molecule has 0 aliphatic rings. The summed E-state index contributed by atoms with van der Waals surface area (Å²) in [5.74, 6) is 0.0253. The van der Waals surface area contributed by atoms with Gasteiger partial charge < -0.3 is 30.5 Å². The summed E-state index contributed by atoms with van der Waals surface area (Å²) < 4.78 is 97.8. The maximum Gasteiger partial charge on any atom is 0.388 e. The number of nitrogen functional groups attached to an aromatic ring is 1. The van der Waals surface area contributed by atoms with Gasteiger partial charge in [0.2, 0.25) is 16.8 Å². The zero-order chi connectivity index (χ0) is 57.3. The summed E-state index contributed by atoms with van der Waals surface area (Å²) in [6.45, 7) is 18.7. The van der Waals surface area contributed by atoms with Gasteiger partial charge in [-0.1, -0.05) is 27.7 Å². The molecular weight excluding hydrogens is 1030 g/mol. The monoisotopic (exact) mass is 1100 g/mol. The van der Waals surface area contributed by atoms with Gasteiger partial charge in [-0.25, -0.2) is 32.8 Å². The zero-order valence-electron chi connectivity index (χ0n) is 45.5. The van der Waals surface area contributed by atoms with Crippen molar-refractivity contribution in [2.45, 2.75) is 103 Å². The van der Waals surface area contributed by atoms with Crippen LogP contribution in [0.3, 0.4) is 0 Å². The fraction of sp³-hybridized carbons (Fsp3) is 0.340. The van der Waals surface area contributed by atoms with Gasteiger partial charge in [-0.15, -0.1) is 0 Å². The molecule has 2 amide bonds. The number of pyridine rings is 3. The first-order chi connectivity index (χ1) is 36.0. The minimum absolute atomic E-state index is 0.0163. The molecule has 0 bridgehead atoms. The molecule has 7 aromatic rings. The van der Waals surface area contributed by atoms with E-state index in [1.54, 1.807) is 44.4 Å². The van der Waals surface area contributed by atoms with Crippen molar-refractivity contribution in [2.24, 2.45) is 4.40 Å². The molecule has 0 unspecified atom stereocenters. The molecule has 5 heterocycles. The maximum absolute atomic E-state index is 14.6. The molecule has 0 atom stereocenters. The molecule has 4 N–H and O–H groups in total. The molecule has 0 aliphatic heterocycles. The summed E-state index contributed by atoms with van der Waals surface area (Å²) in [7, 11) is -1.61. The number of ether oxygens (including phenoxy) is 2. The van der Waals surface area contributed by atoms with Gasteiger partial charge in [0, 0.05) is 101 Å². The second kappa shape index (κ2) is 25.2. The lowest BCUT2D eigenvalue weighted by Crippen LogP contribution is -2.51. The first kappa shape index (κ1) is 59.9. The molecular formula is C53H66F2N12O8S2. The number of hydrogen-bond donors (Lipinski definition) is 3. The van der Waals surface area contributed by atoms with Gasteiger partial charge in [0.1, 0.15) is 11.6 Å². The highest BCUT2D eigenvalue weighted by Gasteiger charge is 2.26. The zero-order valence-corrected chi connectivity index (χ0v) is 47.1. The van der Waals surface area contributed by atoms with Crippen LogP contribution >= 0.6 is 0 Å². The number of hydrogen-bond acceptors (Lipinski definition) is 14. The van der Waals surface area contributed by atoms with Crippen LogP contribution in [0, 0.1) is 25.5 Å². The Hall–Kier alpha value is -7.99. The fourth-order valence-corrected chi connectivity index (χ4v) is 9.12. The molecule has 0 aliphatic carbocycles. The van der Waals surface area contributed by atoms with Crippen molar-refractivity contribution in [3.05, 3.63) is 132 Å². The Morgan fingerprint density at radius 2 is 1.18 bits per heavy atom. The van der Waals surface area contributed by atoms with E-state index in [0.29, 0.717) is 45.4 Å².